The molecule has 0 saturated carbocycles. The maximum atomic E-state index is 10.9. The fourth-order valence-corrected chi connectivity index (χ4v) is 2.85. The fraction of sp³-hybridized carbons (Fsp3) is 0.562. The second-order valence-electron chi connectivity index (χ2n) is 6.53. The van der Waals surface area contributed by atoms with Crippen molar-refractivity contribution >= 4 is 5.97 Å². The number of aliphatic carboxylic acids is 1. The van der Waals surface area contributed by atoms with Crippen LogP contribution in [0, 0.1) is 5.41 Å². The molecule has 4 nitrogen and oxygen atoms in total. The average Bonchev–Trinajstić information content (AvgIpc) is 2.35. The van der Waals surface area contributed by atoms with Gasteiger partial charge < -0.3 is 14.9 Å². The van der Waals surface area contributed by atoms with Gasteiger partial charge in [-0.1, -0.05) is 45.9 Å². The number of hydrogen-bond donors (Lipinski definition) is 2. The highest BCUT2D eigenvalue weighted by molar-refractivity contribution is 5.66. The third-order valence-electron chi connectivity index (χ3n) is 5.06. The summed E-state index contributed by atoms with van der Waals surface area (Å²) in [6.07, 6.45) is -0.0642. The molecule has 1 atom stereocenters. The molecule has 0 aromatic heterocycles. The molecular weight excluding hydrogens is 256 g/mol. The van der Waals surface area contributed by atoms with Crippen molar-refractivity contribution < 1.29 is 19.7 Å². The molecule has 2 rings (SSSR count). The highest BCUT2D eigenvalue weighted by Crippen LogP contribution is 2.56. The van der Waals surface area contributed by atoms with Crippen molar-refractivity contribution in [2.75, 3.05) is 0 Å². The Morgan fingerprint density at radius 1 is 1.20 bits per heavy atom. The van der Waals surface area contributed by atoms with E-state index in [0.717, 1.165) is 5.56 Å². The monoisotopic (exact) mass is 278 g/mol. The Balaban J connectivity index is 2.50. The van der Waals surface area contributed by atoms with E-state index in [4.69, 9.17) is 9.84 Å². The van der Waals surface area contributed by atoms with Crippen LogP contribution in [-0.2, 0) is 10.2 Å². The van der Waals surface area contributed by atoms with Crippen LogP contribution >= 0.6 is 0 Å². The first kappa shape index (κ1) is 14.9. The summed E-state index contributed by atoms with van der Waals surface area (Å²) in [4.78, 5) is 10.8. The summed E-state index contributed by atoms with van der Waals surface area (Å²) in [6, 6.07) is 7.61. The van der Waals surface area contributed by atoms with Gasteiger partial charge in [-0.2, -0.15) is 0 Å². The van der Waals surface area contributed by atoms with Crippen LogP contribution in [0.5, 0.6) is 5.75 Å². The van der Waals surface area contributed by atoms with Crippen LogP contribution in [-0.4, -0.2) is 22.0 Å². The Bertz CT molecular complexity index is 533. The summed E-state index contributed by atoms with van der Waals surface area (Å²) in [5, 5.41) is 19.8. The molecule has 1 aliphatic heterocycles. The van der Waals surface area contributed by atoms with Gasteiger partial charge >= 0.3 is 5.97 Å². The quantitative estimate of drug-likeness (QED) is 0.892. The number of aliphatic hydroxyl groups is 1. The normalized spacial score (nSPS) is 26.4. The molecule has 1 unspecified atom stereocenters. The summed E-state index contributed by atoms with van der Waals surface area (Å²) in [6.45, 7) is 7.95. The molecule has 0 fully saturated rings. The van der Waals surface area contributed by atoms with Crippen molar-refractivity contribution in [1.82, 2.24) is 0 Å². The van der Waals surface area contributed by atoms with E-state index in [-0.39, 0.29) is 18.3 Å². The Labute approximate surface area is 119 Å². The van der Waals surface area contributed by atoms with Crippen molar-refractivity contribution in [3.63, 3.8) is 0 Å². The van der Waals surface area contributed by atoms with Crippen LogP contribution in [0.1, 0.15) is 46.1 Å². The molecule has 1 aliphatic rings. The van der Waals surface area contributed by atoms with Gasteiger partial charge in [0.2, 0.25) is 5.79 Å². The zero-order valence-corrected chi connectivity index (χ0v) is 12.4. The number of fused-ring (bicyclic) bond motifs is 1. The van der Waals surface area contributed by atoms with Gasteiger partial charge in [-0.05, 0) is 6.07 Å². The van der Waals surface area contributed by atoms with E-state index >= 15 is 0 Å². The summed E-state index contributed by atoms with van der Waals surface area (Å²) in [5.74, 6) is -1.80. The summed E-state index contributed by atoms with van der Waals surface area (Å²) in [5.41, 5.74) is 0.0730. The zero-order chi connectivity index (χ0) is 15.2. The first-order valence-corrected chi connectivity index (χ1v) is 6.84. The van der Waals surface area contributed by atoms with Crippen molar-refractivity contribution in [3.8, 4) is 5.75 Å². The first-order valence-electron chi connectivity index (χ1n) is 6.84. The molecule has 0 aliphatic carbocycles. The van der Waals surface area contributed by atoms with Gasteiger partial charge in [-0.15, -0.1) is 0 Å². The lowest BCUT2D eigenvalue weighted by molar-refractivity contribution is -0.248. The maximum absolute atomic E-state index is 10.9. The number of para-hydroxylation sites is 1. The van der Waals surface area contributed by atoms with Gasteiger partial charge in [-0.3, -0.25) is 4.79 Å². The smallest absolute Gasteiger partial charge is 0.303 e. The van der Waals surface area contributed by atoms with Crippen molar-refractivity contribution in [2.24, 2.45) is 5.41 Å². The summed E-state index contributed by atoms with van der Waals surface area (Å²) < 4.78 is 5.81. The Morgan fingerprint density at radius 3 is 2.40 bits per heavy atom. The van der Waals surface area contributed by atoms with Gasteiger partial charge in [0, 0.05) is 22.8 Å². The fourth-order valence-electron chi connectivity index (χ4n) is 2.85. The molecule has 0 spiro atoms. The number of hydrogen-bond acceptors (Lipinski definition) is 3. The molecule has 1 aromatic carbocycles. The van der Waals surface area contributed by atoms with E-state index in [0.29, 0.717) is 5.75 Å². The van der Waals surface area contributed by atoms with Gasteiger partial charge in [-0.25, -0.2) is 0 Å². The molecule has 1 heterocycles. The van der Waals surface area contributed by atoms with E-state index in [1.807, 2.05) is 38.1 Å². The largest absolute Gasteiger partial charge is 0.481 e. The van der Waals surface area contributed by atoms with Crippen LogP contribution in [0.2, 0.25) is 0 Å². The zero-order valence-electron chi connectivity index (χ0n) is 12.4. The minimum atomic E-state index is -1.50. The Hall–Kier alpha value is -1.55. The predicted octanol–water partition coefficient (Wildman–Crippen LogP) is 2.94. The van der Waals surface area contributed by atoms with Crippen LogP contribution in [0.3, 0.4) is 0 Å². The lowest BCUT2D eigenvalue weighted by Crippen LogP contribution is -2.61. The maximum Gasteiger partial charge on any atom is 0.303 e. The number of benzene rings is 1. The molecular formula is C16H22O4. The van der Waals surface area contributed by atoms with E-state index < -0.39 is 17.2 Å². The molecule has 0 amide bonds. The molecule has 0 radical (unpaired) electrons. The van der Waals surface area contributed by atoms with Gasteiger partial charge in [0.05, 0.1) is 6.42 Å². The first-order chi connectivity index (χ1) is 9.12. The van der Waals surface area contributed by atoms with Crippen LogP contribution in [0.15, 0.2) is 24.3 Å². The van der Waals surface area contributed by atoms with E-state index in [1.165, 1.54) is 0 Å². The number of rotatable bonds is 3. The second-order valence-corrected chi connectivity index (χ2v) is 6.53. The van der Waals surface area contributed by atoms with Gasteiger partial charge in [0.15, 0.2) is 0 Å². The molecule has 20 heavy (non-hydrogen) atoms. The highest BCUT2D eigenvalue weighted by Gasteiger charge is 2.58. The average molecular weight is 278 g/mol. The van der Waals surface area contributed by atoms with Gasteiger partial charge in [0.1, 0.15) is 5.75 Å². The molecule has 0 saturated heterocycles. The lowest BCUT2D eigenvalue weighted by Gasteiger charge is -2.55. The second kappa shape index (κ2) is 4.48. The van der Waals surface area contributed by atoms with Crippen molar-refractivity contribution in [2.45, 2.75) is 51.7 Å². The molecule has 1 aromatic rings. The Kier molecular flexibility index (Phi) is 3.33. The van der Waals surface area contributed by atoms with Crippen molar-refractivity contribution in [1.29, 1.82) is 0 Å². The third-order valence-corrected chi connectivity index (χ3v) is 5.06. The van der Waals surface area contributed by atoms with Gasteiger partial charge in [0.25, 0.3) is 0 Å². The molecule has 4 heteroatoms. The van der Waals surface area contributed by atoms with E-state index in [1.54, 1.807) is 0 Å². The standard InChI is InChI=1S/C16H22O4/c1-14(2)11-7-5-6-8-12(11)20-16(19,15(14,3)4)10-9-13(17)18/h5-8,19H,9-10H2,1-4H3,(H,17,18). The SMILES string of the molecule is CC1(C)c2ccccc2OC(O)(CCC(=O)O)C1(C)C. The van der Waals surface area contributed by atoms with E-state index in [2.05, 4.69) is 13.8 Å². The molecule has 110 valence electrons. The minimum Gasteiger partial charge on any atom is -0.481 e. The van der Waals surface area contributed by atoms with E-state index in [9.17, 15) is 9.90 Å². The number of ether oxygens (including phenoxy) is 1. The number of carboxylic acid groups (broad SMARTS) is 1. The molecule has 2 N–H and O–H groups in total. The minimum absolute atomic E-state index is 0.0626. The topological polar surface area (TPSA) is 66.8 Å². The predicted molar refractivity (Wildman–Crippen MR) is 75.7 cm³/mol. The summed E-state index contributed by atoms with van der Waals surface area (Å²) >= 11 is 0. The number of carbonyl (C=O) groups is 1. The number of carboxylic acids is 1. The lowest BCUT2D eigenvalue weighted by atomic mass is 9.57. The van der Waals surface area contributed by atoms with Crippen LogP contribution in [0.4, 0.5) is 0 Å². The summed E-state index contributed by atoms with van der Waals surface area (Å²) in [7, 11) is 0. The highest BCUT2D eigenvalue weighted by atomic mass is 16.6. The van der Waals surface area contributed by atoms with Crippen LogP contribution in [0.25, 0.3) is 0 Å². The van der Waals surface area contributed by atoms with Crippen LogP contribution < -0.4 is 4.74 Å². The van der Waals surface area contributed by atoms with Crippen molar-refractivity contribution in [3.05, 3.63) is 29.8 Å². The third kappa shape index (κ3) is 1.99. The Morgan fingerprint density at radius 2 is 1.80 bits per heavy atom. The molecule has 0 bridgehead atoms.